The fraction of sp³-hybridized carbons (Fsp3) is 0.500. The Balaban J connectivity index is 1.57. The highest BCUT2D eigenvalue weighted by molar-refractivity contribution is 5.37. The molecule has 0 radical (unpaired) electrons. The first kappa shape index (κ1) is 10.1. The van der Waals surface area contributed by atoms with Crippen molar-refractivity contribution in [2.45, 2.75) is 18.6 Å². The van der Waals surface area contributed by atoms with Crippen LogP contribution in [0.2, 0.25) is 0 Å². The maximum absolute atomic E-state index is 13.0. The van der Waals surface area contributed by atoms with Crippen LogP contribution in [0.5, 0.6) is 5.75 Å². The smallest absolute Gasteiger partial charge is 0.123 e. The van der Waals surface area contributed by atoms with Gasteiger partial charge in [-0.05, 0) is 18.2 Å². The maximum Gasteiger partial charge on any atom is 0.123 e. The van der Waals surface area contributed by atoms with Gasteiger partial charge < -0.3 is 14.8 Å². The first-order valence-electron chi connectivity index (χ1n) is 5.57. The van der Waals surface area contributed by atoms with Gasteiger partial charge in [-0.1, -0.05) is 0 Å². The van der Waals surface area contributed by atoms with Crippen molar-refractivity contribution in [2.75, 3.05) is 19.8 Å². The highest BCUT2D eigenvalue weighted by Gasteiger charge is 2.25. The summed E-state index contributed by atoms with van der Waals surface area (Å²) in [5.74, 6) is 0.626. The molecule has 1 atom stereocenters. The van der Waals surface area contributed by atoms with Crippen molar-refractivity contribution in [1.82, 2.24) is 5.32 Å². The molecule has 1 saturated heterocycles. The molecule has 3 nitrogen and oxygen atoms in total. The summed E-state index contributed by atoms with van der Waals surface area (Å²) >= 11 is 0. The average molecular weight is 223 g/mol. The molecule has 1 unspecified atom stereocenters. The lowest BCUT2D eigenvalue weighted by atomic mass is 10.1. The van der Waals surface area contributed by atoms with Gasteiger partial charge in [0.1, 0.15) is 17.7 Å². The second-order valence-corrected chi connectivity index (χ2v) is 4.34. The lowest BCUT2D eigenvalue weighted by molar-refractivity contribution is -0.00810. The van der Waals surface area contributed by atoms with Crippen LogP contribution in [0, 0.1) is 5.82 Å². The Morgan fingerprint density at radius 3 is 3.00 bits per heavy atom. The van der Waals surface area contributed by atoms with Crippen LogP contribution in [0.1, 0.15) is 5.56 Å². The molecule has 0 bridgehead atoms. The van der Waals surface area contributed by atoms with E-state index in [1.165, 1.54) is 6.07 Å². The van der Waals surface area contributed by atoms with E-state index in [0.29, 0.717) is 6.04 Å². The Bertz CT molecular complexity index is 393. The van der Waals surface area contributed by atoms with Gasteiger partial charge in [-0.25, -0.2) is 4.39 Å². The van der Waals surface area contributed by atoms with Crippen LogP contribution in [0.25, 0.3) is 0 Å². The minimum atomic E-state index is -0.191. The summed E-state index contributed by atoms with van der Waals surface area (Å²) in [6.07, 6.45) is 0.908. The van der Waals surface area contributed by atoms with Gasteiger partial charge in [0, 0.05) is 18.5 Å². The van der Waals surface area contributed by atoms with E-state index >= 15 is 0 Å². The minimum Gasteiger partial charge on any atom is -0.488 e. The van der Waals surface area contributed by atoms with Gasteiger partial charge in [0.05, 0.1) is 19.3 Å². The van der Waals surface area contributed by atoms with E-state index < -0.39 is 0 Å². The van der Waals surface area contributed by atoms with Gasteiger partial charge in [0.25, 0.3) is 0 Å². The van der Waals surface area contributed by atoms with E-state index in [9.17, 15) is 4.39 Å². The number of fused-ring (bicyclic) bond motifs is 1. The Morgan fingerprint density at radius 2 is 2.25 bits per heavy atom. The monoisotopic (exact) mass is 223 g/mol. The summed E-state index contributed by atoms with van der Waals surface area (Å²) in [4.78, 5) is 0. The molecule has 0 amide bonds. The quantitative estimate of drug-likeness (QED) is 0.833. The number of rotatable bonds is 3. The van der Waals surface area contributed by atoms with E-state index in [2.05, 4.69) is 5.32 Å². The first-order chi connectivity index (χ1) is 7.81. The molecule has 4 heteroatoms. The van der Waals surface area contributed by atoms with E-state index in [1.54, 1.807) is 12.1 Å². The third-order valence-electron chi connectivity index (χ3n) is 3.04. The number of halogens is 1. The van der Waals surface area contributed by atoms with Crippen LogP contribution in [-0.4, -0.2) is 31.9 Å². The molecule has 1 aromatic carbocycles. The van der Waals surface area contributed by atoms with Crippen LogP contribution < -0.4 is 10.1 Å². The molecule has 0 spiro atoms. The Morgan fingerprint density at radius 1 is 1.38 bits per heavy atom. The fourth-order valence-corrected chi connectivity index (χ4v) is 2.05. The fourth-order valence-electron chi connectivity index (χ4n) is 2.05. The van der Waals surface area contributed by atoms with E-state index in [4.69, 9.17) is 9.47 Å². The third-order valence-corrected chi connectivity index (χ3v) is 3.04. The molecule has 1 N–H and O–H groups in total. The van der Waals surface area contributed by atoms with Gasteiger partial charge in [-0.15, -0.1) is 0 Å². The third kappa shape index (κ3) is 1.90. The predicted molar refractivity (Wildman–Crippen MR) is 57.1 cm³/mol. The second kappa shape index (κ2) is 4.03. The normalized spacial score (nSPS) is 23.7. The summed E-state index contributed by atoms with van der Waals surface area (Å²) in [5, 5.41) is 3.37. The molecule has 1 aromatic rings. The molecule has 2 heterocycles. The summed E-state index contributed by atoms with van der Waals surface area (Å²) in [7, 11) is 0. The summed E-state index contributed by atoms with van der Waals surface area (Å²) < 4.78 is 23.8. The molecule has 0 aromatic heterocycles. The van der Waals surface area contributed by atoms with E-state index in [0.717, 1.165) is 37.5 Å². The summed E-state index contributed by atoms with van der Waals surface area (Å²) in [6, 6.07) is 5.16. The molecule has 0 saturated carbocycles. The first-order valence-corrected chi connectivity index (χ1v) is 5.57. The van der Waals surface area contributed by atoms with Crippen LogP contribution in [0.3, 0.4) is 0 Å². The summed E-state index contributed by atoms with van der Waals surface area (Å²) in [6.45, 7) is 2.37. The SMILES string of the molecule is Fc1ccc2c(c1)CC(CNC1COC1)O2. The van der Waals surface area contributed by atoms with Gasteiger partial charge in [-0.3, -0.25) is 0 Å². The largest absolute Gasteiger partial charge is 0.488 e. The zero-order valence-electron chi connectivity index (χ0n) is 8.91. The molecule has 1 fully saturated rings. The van der Waals surface area contributed by atoms with Gasteiger partial charge in [0.15, 0.2) is 0 Å². The molecular formula is C12H14FNO2. The lowest BCUT2D eigenvalue weighted by Gasteiger charge is -2.28. The molecule has 0 aliphatic carbocycles. The van der Waals surface area contributed by atoms with Crippen LogP contribution >= 0.6 is 0 Å². The number of hydrogen-bond acceptors (Lipinski definition) is 3. The number of benzene rings is 1. The van der Waals surface area contributed by atoms with E-state index in [-0.39, 0.29) is 11.9 Å². The van der Waals surface area contributed by atoms with Gasteiger partial charge in [-0.2, -0.15) is 0 Å². The zero-order valence-corrected chi connectivity index (χ0v) is 8.91. The van der Waals surface area contributed by atoms with Crippen LogP contribution in [0.4, 0.5) is 4.39 Å². The van der Waals surface area contributed by atoms with Crippen molar-refractivity contribution >= 4 is 0 Å². The number of hydrogen-bond donors (Lipinski definition) is 1. The molecule has 2 aliphatic heterocycles. The van der Waals surface area contributed by atoms with Crippen LogP contribution in [-0.2, 0) is 11.2 Å². The topological polar surface area (TPSA) is 30.5 Å². The molecule has 86 valence electrons. The molecule has 2 aliphatic rings. The lowest BCUT2D eigenvalue weighted by Crippen LogP contribution is -2.49. The predicted octanol–water partition coefficient (Wildman–Crippen LogP) is 1.12. The van der Waals surface area contributed by atoms with Crippen molar-refractivity contribution in [3.8, 4) is 5.75 Å². The highest BCUT2D eigenvalue weighted by atomic mass is 19.1. The standard InChI is InChI=1S/C12H14FNO2/c13-9-1-2-12-8(3-9)4-11(16-12)5-14-10-6-15-7-10/h1-3,10-11,14H,4-7H2. The molecular weight excluding hydrogens is 209 g/mol. The van der Waals surface area contributed by atoms with Crippen molar-refractivity contribution in [2.24, 2.45) is 0 Å². The number of ether oxygens (including phenoxy) is 2. The Labute approximate surface area is 93.6 Å². The van der Waals surface area contributed by atoms with Crippen LogP contribution in [0.15, 0.2) is 18.2 Å². The summed E-state index contributed by atoms with van der Waals surface area (Å²) in [5.41, 5.74) is 0.969. The van der Waals surface area contributed by atoms with Gasteiger partial charge in [0.2, 0.25) is 0 Å². The zero-order chi connectivity index (χ0) is 11.0. The highest BCUT2D eigenvalue weighted by Crippen LogP contribution is 2.28. The van der Waals surface area contributed by atoms with Crippen molar-refractivity contribution in [3.63, 3.8) is 0 Å². The van der Waals surface area contributed by atoms with Crippen molar-refractivity contribution < 1.29 is 13.9 Å². The number of nitrogens with one attached hydrogen (secondary N) is 1. The van der Waals surface area contributed by atoms with E-state index in [1.807, 2.05) is 0 Å². The minimum absolute atomic E-state index is 0.123. The Hall–Kier alpha value is -1.13. The second-order valence-electron chi connectivity index (χ2n) is 4.34. The van der Waals surface area contributed by atoms with Crippen molar-refractivity contribution in [1.29, 1.82) is 0 Å². The van der Waals surface area contributed by atoms with Gasteiger partial charge >= 0.3 is 0 Å². The molecule has 3 rings (SSSR count). The Kier molecular flexibility index (Phi) is 2.53. The average Bonchev–Trinajstić information content (AvgIpc) is 2.57. The molecule has 16 heavy (non-hydrogen) atoms. The van der Waals surface area contributed by atoms with Crippen molar-refractivity contribution in [3.05, 3.63) is 29.6 Å². The maximum atomic E-state index is 13.0.